The Labute approximate surface area is 103 Å². The molecule has 2 N–H and O–H groups in total. The van der Waals surface area contributed by atoms with Crippen molar-refractivity contribution in [1.29, 1.82) is 0 Å². The van der Waals surface area contributed by atoms with Gasteiger partial charge in [-0.1, -0.05) is 0 Å². The van der Waals surface area contributed by atoms with Crippen LogP contribution in [-0.2, 0) is 0 Å². The number of benzene rings is 1. The number of nitrogens with zero attached hydrogens (tertiary/aromatic N) is 3. The lowest BCUT2D eigenvalue weighted by atomic mass is 10.2. The largest absolute Gasteiger partial charge is 0.395 e. The van der Waals surface area contributed by atoms with Crippen molar-refractivity contribution in [2.75, 3.05) is 5.73 Å². The van der Waals surface area contributed by atoms with Gasteiger partial charge in [0, 0.05) is 5.69 Å². The number of aryl methyl sites for hydroxylation is 1. The number of aromatic nitrogens is 3. The van der Waals surface area contributed by atoms with Crippen molar-refractivity contribution >= 4 is 27.2 Å². The Morgan fingerprint density at radius 1 is 1.24 bits per heavy atom. The van der Waals surface area contributed by atoms with E-state index in [2.05, 4.69) is 9.97 Å². The number of nitrogen functional groups attached to an aromatic ring is 1. The first-order valence-corrected chi connectivity index (χ1v) is 6.19. The molecule has 0 saturated carbocycles. The molecule has 1 aromatic carbocycles. The van der Waals surface area contributed by atoms with E-state index in [1.807, 2.05) is 36.1 Å². The van der Waals surface area contributed by atoms with Crippen LogP contribution in [0.2, 0.25) is 0 Å². The molecule has 5 heteroatoms. The highest BCUT2D eigenvalue weighted by atomic mass is 32.1. The fourth-order valence-corrected chi connectivity index (χ4v) is 2.59. The Balaban J connectivity index is 2.30. The molecule has 0 aliphatic heterocycles. The normalized spacial score (nSPS) is 11.2. The van der Waals surface area contributed by atoms with Gasteiger partial charge < -0.3 is 10.3 Å². The van der Waals surface area contributed by atoms with Gasteiger partial charge >= 0.3 is 0 Å². The second-order valence-corrected chi connectivity index (χ2v) is 4.87. The van der Waals surface area contributed by atoms with E-state index in [9.17, 15) is 0 Å². The maximum absolute atomic E-state index is 6.17. The first kappa shape index (κ1) is 10.3. The van der Waals surface area contributed by atoms with Crippen LogP contribution in [0, 0.1) is 13.8 Å². The van der Waals surface area contributed by atoms with E-state index in [0.29, 0.717) is 5.69 Å². The highest BCUT2D eigenvalue weighted by Crippen LogP contribution is 2.29. The molecule has 0 aliphatic carbocycles. The fourth-order valence-electron chi connectivity index (χ4n) is 1.89. The van der Waals surface area contributed by atoms with Crippen molar-refractivity contribution in [2.45, 2.75) is 13.8 Å². The van der Waals surface area contributed by atoms with Gasteiger partial charge in [-0.15, -0.1) is 11.3 Å². The number of hydrogen-bond donors (Lipinski definition) is 1. The third-order valence-corrected chi connectivity index (χ3v) is 3.82. The summed E-state index contributed by atoms with van der Waals surface area (Å²) >= 11 is 1.60. The summed E-state index contributed by atoms with van der Waals surface area (Å²) in [6, 6.07) is 4.07. The summed E-state index contributed by atoms with van der Waals surface area (Å²) in [6.07, 6.45) is 1.80. The van der Waals surface area contributed by atoms with E-state index in [0.717, 1.165) is 27.3 Å². The number of anilines is 1. The van der Waals surface area contributed by atoms with Crippen molar-refractivity contribution in [3.05, 3.63) is 35.4 Å². The van der Waals surface area contributed by atoms with Gasteiger partial charge in [-0.2, -0.15) is 0 Å². The Morgan fingerprint density at radius 3 is 2.76 bits per heavy atom. The smallest absolute Gasteiger partial charge is 0.106 e. The number of fused-ring (bicyclic) bond motifs is 1. The van der Waals surface area contributed by atoms with Gasteiger partial charge in [0.15, 0.2) is 0 Å². The summed E-state index contributed by atoms with van der Waals surface area (Å²) in [4.78, 5) is 8.59. The molecule has 3 rings (SSSR count). The predicted octanol–water partition coefficient (Wildman–Crippen LogP) is 2.68. The van der Waals surface area contributed by atoms with Crippen LogP contribution in [0.4, 0.5) is 5.69 Å². The molecule has 2 heterocycles. The molecule has 3 aromatic rings. The summed E-state index contributed by atoms with van der Waals surface area (Å²) in [7, 11) is 0. The van der Waals surface area contributed by atoms with Crippen LogP contribution < -0.4 is 5.73 Å². The van der Waals surface area contributed by atoms with Crippen LogP contribution in [0.15, 0.2) is 24.0 Å². The average molecular weight is 244 g/mol. The Hall–Kier alpha value is -1.88. The van der Waals surface area contributed by atoms with Gasteiger partial charge in [-0.05, 0) is 26.0 Å². The van der Waals surface area contributed by atoms with Crippen molar-refractivity contribution in [2.24, 2.45) is 0 Å². The number of thiazole rings is 1. The molecule has 0 radical (unpaired) electrons. The number of nitrogens with two attached hydrogens (primary N) is 1. The molecule has 0 spiro atoms. The highest BCUT2D eigenvalue weighted by Gasteiger charge is 2.11. The maximum atomic E-state index is 6.17. The molecule has 0 amide bonds. The van der Waals surface area contributed by atoms with E-state index in [4.69, 9.17) is 5.73 Å². The van der Waals surface area contributed by atoms with Gasteiger partial charge in [0.2, 0.25) is 0 Å². The molecular formula is C12H12N4S. The number of rotatable bonds is 1. The Morgan fingerprint density at radius 2 is 2.06 bits per heavy atom. The van der Waals surface area contributed by atoms with E-state index in [1.165, 1.54) is 0 Å². The third-order valence-electron chi connectivity index (χ3n) is 3.03. The zero-order valence-electron chi connectivity index (χ0n) is 9.64. The quantitative estimate of drug-likeness (QED) is 0.669. The minimum absolute atomic E-state index is 0.712. The highest BCUT2D eigenvalue weighted by molar-refractivity contribution is 7.16. The predicted molar refractivity (Wildman–Crippen MR) is 70.6 cm³/mol. The molecule has 86 valence electrons. The molecule has 0 atom stereocenters. The molecule has 0 bridgehead atoms. The van der Waals surface area contributed by atoms with E-state index in [-0.39, 0.29) is 0 Å². The van der Waals surface area contributed by atoms with Gasteiger partial charge in [0.05, 0.1) is 33.6 Å². The first-order chi connectivity index (χ1) is 8.18. The zero-order chi connectivity index (χ0) is 12.0. The van der Waals surface area contributed by atoms with Crippen LogP contribution >= 0.6 is 11.3 Å². The second-order valence-electron chi connectivity index (χ2n) is 3.98. The molecule has 4 nitrogen and oxygen atoms in total. The summed E-state index contributed by atoms with van der Waals surface area (Å²) in [5.74, 6) is 0. The number of hydrogen-bond acceptors (Lipinski definition) is 4. The zero-order valence-corrected chi connectivity index (χ0v) is 10.5. The molecule has 0 unspecified atom stereocenters. The van der Waals surface area contributed by atoms with E-state index < -0.39 is 0 Å². The maximum Gasteiger partial charge on any atom is 0.106 e. The van der Waals surface area contributed by atoms with Crippen LogP contribution in [0.5, 0.6) is 0 Å². The van der Waals surface area contributed by atoms with E-state index in [1.54, 1.807) is 17.7 Å². The molecule has 17 heavy (non-hydrogen) atoms. The van der Waals surface area contributed by atoms with Crippen LogP contribution in [0.25, 0.3) is 15.9 Å². The Bertz CT molecular complexity index is 696. The summed E-state index contributed by atoms with van der Waals surface area (Å²) in [5, 5.41) is 0. The SMILES string of the molecule is Cc1ncn(-c2ccc3scnc3c2N)c1C. The molecular weight excluding hydrogens is 232 g/mol. The summed E-state index contributed by atoms with van der Waals surface area (Å²) in [6.45, 7) is 4.02. The van der Waals surface area contributed by atoms with Crippen molar-refractivity contribution in [3.63, 3.8) is 0 Å². The van der Waals surface area contributed by atoms with E-state index >= 15 is 0 Å². The fraction of sp³-hybridized carbons (Fsp3) is 0.167. The van der Waals surface area contributed by atoms with Gasteiger partial charge in [0.25, 0.3) is 0 Å². The minimum atomic E-state index is 0.712. The van der Waals surface area contributed by atoms with Gasteiger partial charge in [-0.25, -0.2) is 9.97 Å². The average Bonchev–Trinajstić information content (AvgIpc) is 2.90. The summed E-state index contributed by atoms with van der Waals surface area (Å²) in [5.41, 5.74) is 12.6. The monoisotopic (exact) mass is 244 g/mol. The van der Waals surface area contributed by atoms with Crippen LogP contribution in [0.1, 0.15) is 11.4 Å². The first-order valence-electron chi connectivity index (χ1n) is 5.31. The molecule has 0 fully saturated rings. The van der Waals surface area contributed by atoms with Crippen molar-refractivity contribution in [3.8, 4) is 5.69 Å². The molecule has 0 saturated heterocycles. The molecule has 2 aromatic heterocycles. The lowest BCUT2D eigenvalue weighted by molar-refractivity contribution is 1.01. The lowest BCUT2D eigenvalue weighted by Gasteiger charge is -2.09. The topological polar surface area (TPSA) is 56.7 Å². The van der Waals surface area contributed by atoms with Gasteiger partial charge in [0.1, 0.15) is 5.52 Å². The van der Waals surface area contributed by atoms with Crippen molar-refractivity contribution in [1.82, 2.24) is 14.5 Å². The number of imidazole rings is 1. The van der Waals surface area contributed by atoms with Gasteiger partial charge in [-0.3, -0.25) is 0 Å². The summed E-state index contributed by atoms with van der Waals surface area (Å²) < 4.78 is 3.12. The Kier molecular flexibility index (Phi) is 2.16. The third kappa shape index (κ3) is 1.43. The standard InChI is InChI=1S/C12H12N4S/c1-7-8(2)16(5-14-7)9-3-4-10-12(11(9)13)15-6-17-10/h3-6H,13H2,1-2H3. The lowest BCUT2D eigenvalue weighted by Crippen LogP contribution is -2.01. The van der Waals surface area contributed by atoms with Crippen LogP contribution in [0.3, 0.4) is 0 Å². The molecule has 0 aliphatic rings. The van der Waals surface area contributed by atoms with Crippen LogP contribution in [-0.4, -0.2) is 14.5 Å². The minimum Gasteiger partial charge on any atom is -0.395 e. The second kappa shape index (κ2) is 3.56. The van der Waals surface area contributed by atoms with Crippen molar-refractivity contribution < 1.29 is 0 Å².